The summed E-state index contributed by atoms with van der Waals surface area (Å²) in [6.07, 6.45) is 5.77. The van der Waals surface area contributed by atoms with E-state index in [0.29, 0.717) is 11.5 Å². The number of hydrogen-bond donors (Lipinski definition) is 0. The number of hydrogen-bond acceptors (Lipinski definition) is 3. The Bertz CT molecular complexity index is 843. The highest BCUT2D eigenvalue weighted by atomic mass is 32.2. The monoisotopic (exact) mass is 415 g/mol. The maximum atomic E-state index is 13.7. The Hall–Kier alpha value is -1.98. The molecule has 0 aliphatic heterocycles. The van der Waals surface area contributed by atoms with Crippen molar-refractivity contribution in [1.82, 2.24) is 0 Å². The van der Waals surface area contributed by atoms with Gasteiger partial charge >= 0.3 is 0 Å². The standard InChI is InChI=1S/C24H33NO3S/c1-3-4-5-6-7-14-19-29(27,20-21-15-10-8-11-16-21)25-24(26)23(28-2)22-17-12-9-13-18-22/h8-13,15-18,23H,3-7,14,19-20H2,1-2H3. The maximum absolute atomic E-state index is 13.7. The van der Waals surface area contributed by atoms with Crippen LogP contribution in [0.5, 0.6) is 0 Å². The molecule has 4 nitrogen and oxygen atoms in total. The zero-order valence-corrected chi connectivity index (χ0v) is 18.4. The third-order valence-corrected chi connectivity index (χ3v) is 7.09. The fourth-order valence-electron chi connectivity index (χ4n) is 3.31. The van der Waals surface area contributed by atoms with E-state index in [2.05, 4.69) is 11.3 Å². The van der Waals surface area contributed by atoms with Gasteiger partial charge in [-0.05, 0) is 17.5 Å². The van der Waals surface area contributed by atoms with Crippen molar-refractivity contribution < 1.29 is 13.7 Å². The maximum Gasteiger partial charge on any atom is 0.287 e. The Morgan fingerprint density at radius 2 is 1.52 bits per heavy atom. The Labute approximate surface area is 175 Å². The van der Waals surface area contributed by atoms with Crippen LogP contribution in [-0.2, 0) is 25.0 Å². The minimum atomic E-state index is -2.70. The highest BCUT2D eigenvalue weighted by Crippen LogP contribution is 2.21. The fourth-order valence-corrected chi connectivity index (χ4v) is 5.40. The van der Waals surface area contributed by atoms with E-state index in [1.165, 1.54) is 26.4 Å². The molecule has 0 saturated heterocycles. The Morgan fingerprint density at radius 3 is 2.14 bits per heavy atom. The van der Waals surface area contributed by atoms with Crippen molar-refractivity contribution >= 4 is 15.6 Å². The average molecular weight is 416 g/mol. The number of carbonyl (C=O) groups excluding carboxylic acids is 1. The van der Waals surface area contributed by atoms with Gasteiger partial charge in [-0.25, -0.2) is 4.21 Å². The van der Waals surface area contributed by atoms with Gasteiger partial charge in [-0.15, -0.1) is 0 Å². The molecule has 5 heteroatoms. The van der Waals surface area contributed by atoms with Crippen LogP contribution in [0.15, 0.2) is 65.0 Å². The molecule has 1 amide bonds. The van der Waals surface area contributed by atoms with Gasteiger partial charge in [0.15, 0.2) is 6.10 Å². The highest BCUT2D eigenvalue weighted by Gasteiger charge is 2.22. The van der Waals surface area contributed by atoms with Crippen molar-refractivity contribution in [2.75, 3.05) is 12.9 Å². The van der Waals surface area contributed by atoms with Crippen LogP contribution in [0.4, 0.5) is 0 Å². The Morgan fingerprint density at radius 1 is 0.931 bits per heavy atom. The predicted octanol–water partition coefficient (Wildman–Crippen LogP) is 5.93. The van der Waals surface area contributed by atoms with E-state index >= 15 is 0 Å². The third kappa shape index (κ3) is 8.11. The lowest BCUT2D eigenvalue weighted by molar-refractivity contribution is -0.127. The first-order valence-electron chi connectivity index (χ1n) is 10.5. The molecule has 2 rings (SSSR count). The number of carbonyl (C=O) groups is 1. The third-order valence-electron chi connectivity index (χ3n) is 4.87. The molecular formula is C24H33NO3S. The molecule has 0 saturated carbocycles. The first-order chi connectivity index (χ1) is 14.1. The van der Waals surface area contributed by atoms with E-state index in [1.807, 2.05) is 60.7 Å². The number of nitrogens with zero attached hydrogens (tertiary/aromatic N) is 1. The molecule has 2 aromatic rings. The minimum Gasteiger partial charge on any atom is -0.367 e. The zero-order valence-electron chi connectivity index (χ0n) is 17.6. The van der Waals surface area contributed by atoms with Gasteiger partial charge in [-0.3, -0.25) is 4.79 Å². The summed E-state index contributed by atoms with van der Waals surface area (Å²) in [5.41, 5.74) is 1.67. The van der Waals surface area contributed by atoms with Crippen LogP contribution >= 0.6 is 0 Å². The minimum absolute atomic E-state index is 0.291. The van der Waals surface area contributed by atoms with Crippen LogP contribution < -0.4 is 0 Å². The average Bonchev–Trinajstić information content (AvgIpc) is 2.72. The van der Waals surface area contributed by atoms with Crippen molar-refractivity contribution in [2.45, 2.75) is 57.3 Å². The summed E-state index contributed by atoms with van der Waals surface area (Å²) in [5, 5.41) is 0. The van der Waals surface area contributed by atoms with Crippen LogP contribution in [0.25, 0.3) is 0 Å². The van der Waals surface area contributed by atoms with Crippen molar-refractivity contribution in [3.63, 3.8) is 0 Å². The predicted molar refractivity (Wildman–Crippen MR) is 120 cm³/mol. The second kappa shape index (κ2) is 12.6. The van der Waals surface area contributed by atoms with Gasteiger partial charge < -0.3 is 4.74 Å². The Balaban J connectivity index is 2.18. The number of ether oxygens (including phenoxy) is 1. The van der Waals surface area contributed by atoms with Crippen LogP contribution in [0, 0.1) is 0 Å². The van der Waals surface area contributed by atoms with Gasteiger partial charge in [0.2, 0.25) is 0 Å². The van der Waals surface area contributed by atoms with E-state index in [1.54, 1.807) is 0 Å². The molecule has 0 spiro atoms. The van der Waals surface area contributed by atoms with Gasteiger partial charge in [0, 0.05) is 12.9 Å². The molecule has 158 valence electrons. The summed E-state index contributed by atoms with van der Waals surface area (Å²) >= 11 is 0. The topological polar surface area (TPSA) is 55.7 Å². The molecule has 2 unspecified atom stereocenters. The van der Waals surface area contributed by atoms with Crippen molar-refractivity contribution in [1.29, 1.82) is 0 Å². The van der Waals surface area contributed by atoms with Crippen molar-refractivity contribution in [3.8, 4) is 0 Å². The summed E-state index contributed by atoms with van der Waals surface area (Å²) in [6.45, 7) is 2.19. The quantitative estimate of drug-likeness (QED) is 0.404. The number of benzene rings is 2. The van der Waals surface area contributed by atoms with E-state index in [-0.39, 0.29) is 0 Å². The molecule has 0 bridgehead atoms. The summed E-state index contributed by atoms with van der Waals surface area (Å²) < 4.78 is 23.3. The number of rotatable bonds is 12. The van der Waals surface area contributed by atoms with E-state index in [0.717, 1.165) is 30.4 Å². The van der Waals surface area contributed by atoms with E-state index in [9.17, 15) is 9.00 Å². The van der Waals surface area contributed by atoms with Crippen molar-refractivity contribution in [2.24, 2.45) is 4.36 Å². The molecule has 0 aromatic heterocycles. The Kier molecular flexibility index (Phi) is 10.1. The number of amides is 1. The first-order valence-corrected chi connectivity index (χ1v) is 12.3. The molecular weight excluding hydrogens is 382 g/mol. The molecule has 0 heterocycles. The summed E-state index contributed by atoms with van der Waals surface area (Å²) in [5.74, 6) is 0.260. The molecule has 0 N–H and O–H groups in total. The lowest BCUT2D eigenvalue weighted by Crippen LogP contribution is -2.18. The molecule has 0 fully saturated rings. The van der Waals surface area contributed by atoms with Gasteiger partial charge in [0.1, 0.15) is 0 Å². The van der Waals surface area contributed by atoms with Gasteiger partial charge in [0.05, 0.1) is 15.5 Å². The van der Waals surface area contributed by atoms with Gasteiger partial charge in [-0.2, -0.15) is 4.36 Å². The number of unbranched alkanes of at least 4 members (excludes halogenated alkanes) is 5. The first kappa shape index (κ1) is 23.3. The lowest BCUT2D eigenvalue weighted by Gasteiger charge is -2.15. The molecule has 2 atom stereocenters. The van der Waals surface area contributed by atoms with Crippen LogP contribution in [0.3, 0.4) is 0 Å². The fraction of sp³-hybridized carbons (Fsp3) is 0.458. The van der Waals surface area contributed by atoms with E-state index < -0.39 is 21.7 Å². The van der Waals surface area contributed by atoms with Crippen LogP contribution in [0.1, 0.15) is 62.7 Å². The smallest absolute Gasteiger partial charge is 0.287 e. The van der Waals surface area contributed by atoms with Crippen LogP contribution in [-0.4, -0.2) is 23.0 Å². The van der Waals surface area contributed by atoms with E-state index in [4.69, 9.17) is 4.74 Å². The second-order valence-corrected chi connectivity index (χ2v) is 9.75. The molecule has 29 heavy (non-hydrogen) atoms. The molecule has 0 radical (unpaired) electrons. The van der Waals surface area contributed by atoms with Gasteiger partial charge in [-0.1, -0.05) is 99.7 Å². The summed E-state index contributed by atoms with van der Waals surface area (Å²) in [4.78, 5) is 12.9. The second-order valence-electron chi connectivity index (χ2n) is 7.33. The molecule has 0 aliphatic carbocycles. The largest absolute Gasteiger partial charge is 0.367 e. The summed E-state index contributed by atoms with van der Waals surface area (Å²) in [7, 11) is -1.22. The number of methoxy groups -OCH3 is 1. The van der Waals surface area contributed by atoms with Crippen LogP contribution in [0.2, 0.25) is 0 Å². The zero-order chi connectivity index (χ0) is 21.0. The summed E-state index contributed by atoms with van der Waals surface area (Å²) in [6, 6.07) is 18.9. The SMILES string of the molecule is CCCCCCCCS(=O)(Cc1ccccc1)=NC(=O)C(OC)c1ccccc1. The highest BCUT2D eigenvalue weighted by molar-refractivity contribution is 7.93. The lowest BCUT2D eigenvalue weighted by atomic mass is 10.1. The van der Waals surface area contributed by atoms with Gasteiger partial charge in [0.25, 0.3) is 5.91 Å². The molecule has 2 aromatic carbocycles. The molecule has 0 aliphatic rings. The normalized spacial score (nSPS) is 14.1. The van der Waals surface area contributed by atoms with Crippen molar-refractivity contribution in [3.05, 3.63) is 71.8 Å².